The monoisotopic (exact) mass is 506 g/mol. The number of nitrogens with one attached hydrogen (secondary N) is 2. The van der Waals surface area contributed by atoms with E-state index in [1.165, 1.54) is 18.4 Å². The summed E-state index contributed by atoms with van der Waals surface area (Å²) >= 11 is 0. The maximum absolute atomic E-state index is 5.36. The fourth-order valence-electron chi connectivity index (χ4n) is 3.03. The molecule has 0 aromatic heterocycles. The van der Waals surface area contributed by atoms with Crippen LogP contribution in [0.25, 0.3) is 0 Å². The SMILES string of the molecule is CN=C(NCCc1ccc(OC)c(OC)c1)NCCN(CCOC)C1CC1.I. The van der Waals surface area contributed by atoms with Gasteiger partial charge in [0.25, 0.3) is 0 Å². The molecule has 0 heterocycles. The van der Waals surface area contributed by atoms with Gasteiger partial charge in [-0.15, -0.1) is 24.0 Å². The standard InChI is InChI=1S/C20H34N4O3.HI/c1-21-20(23-11-12-24(13-14-25-2)17-6-7-17)22-10-9-16-5-8-18(26-3)19(15-16)27-4;/h5,8,15,17H,6-7,9-14H2,1-4H3,(H2,21,22,23);1H. The number of hydrogen-bond donors (Lipinski definition) is 2. The summed E-state index contributed by atoms with van der Waals surface area (Å²) in [5.41, 5.74) is 1.19. The van der Waals surface area contributed by atoms with E-state index in [4.69, 9.17) is 14.2 Å². The number of hydrogen-bond acceptors (Lipinski definition) is 5. The average molecular weight is 506 g/mol. The molecular weight excluding hydrogens is 471 g/mol. The Bertz CT molecular complexity index is 597. The second-order valence-corrected chi connectivity index (χ2v) is 6.63. The highest BCUT2D eigenvalue weighted by atomic mass is 127. The Hall–Kier alpha value is -1.26. The first-order valence-corrected chi connectivity index (χ1v) is 9.60. The highest BCUT2D eigenvalue weighted by Gasteiger charge is 2.28. The molecule has 1 fully saturated rings. The van der Waals surface area contributed by atoms with Gasteiger partial charge in [0.05, 0.1) is 20.8 Å². The molecule has 1 aliphatic carbocycles. The quantitative estimate of drug-likeness (QED) is 0.257. The van der Waals surface area contributed by atoms with Crippen LogP contribution in [-0.4, -0.2) is 78.1 Å². The number of halogens is 1. The van der Waals surface area contributed by atoms with E-state index in [-0.39, 0.29) is 24.0 Å². The Kier molecular flexibility index (Phi) is 12.2. The lowest BCUT2D eigenvalue weighted by Gasteiger charge is -2.22. The Morgan fingerprint density at radius 3 is 2.39 bits per heavy atom. The van der Waals surface area contributed by atoms with Crippen LogP contribution in [0.4, 0.5) is 0 Å². The number of methoxy groups -OCH3 is 3. The molecule has 0 spiro atoms. The summed E-state index contributed by atoms with van der Waals surface area (Å²) in [6, 6.07) is 6.75. The lowest BCUT2D eigenvalue weighted by molar-refractivity contribution is 0.144. The molecule has 7 nitrogen and oxygen atoms in total. The van der Waals surface area contributed by atoms with Crippen LogP contribution in [0.5, 0.6) is 11.5 Å². The summed E-state index contributed by atoms with van der Waals surface area (Å²) in [7, 11) is 6.86. The van der Waals surface area contributed by atoms with Crippen LogP contribution in [0.3, 0.4) is 0 Å². The first kappa shape index (κ1) is 24.8. The van der Waals surface area contributed by atoms with Crippen molar-refractivity contribution in [1.82, 2.24) is 15.5 Å². The van der Waals surface area contributed by atoms with Crippen molar-refractivity contribution in [3.8, 4) is 11.5 Å². The van der Waals surface area contributed by atoms with Crippen LogP contribution in [-0.2, 0) is 11.2 Å². The minimum atomic E-state index is 0. The van der Waals surface area contributed by atoms with Crippen LogP contribution >= 0.6 is 24.0 Å². The first-order chi connectivity index (χ1) is 13.2. The molecule has 0 bridgehead atoms. The zero-order valence-electron chi connectivity index (χ0n) is 17.5. The van der Waals surface area contributed by atoms with Gasteiger partial charge in [0.2, 0.25) is 0 Å². The van der Waals surface area contributed by atoms with E-state index in [1.807, 2.05) is 12.1 Å². The van der Waals surface area contributed by atoms with E-state index in [9.17, 15) is 0 Å². The van der Waals surface area contributed by atoms with Crippen molar-refractivity contribution in [2.45, 2.75) is 25.3 Å². The zero-order valence-corrected chi connectivity index (χ0v) is 19.8. The van der Waals surface area contributed by atoms with Crippen molar-refractivity contribution in [1.29, 1.82) is 0 Å². The number of benzene rings is 1. The first-order valence-electron chi connectivity index (χ1n) is 9.60. The van der Waals surface area contributed by atoms with Crippen LogP contribution < -0.4 is 20.1 Å². The van der Waals surface area contributed by atoms with Gasteiger partial charge in [-0.3, -0.25) is 9.89 Å². The average Bonchev–Trinajstić information content (AvgIpc) is 3.54. The van der Waals surface area contributed by atoms with Crippen LogP contribution in [0.15, 0.2) is 23.2 Å². The van der Waals surface area contributed by atoms with Gasteiger partial charge in [-0.1, -0.05) is 6.07 Å². The minimum Gasteiger partial charge on any atom is -0.493 e. The molecule has 1 aromatic carbocycles. The summed E-state index contributed by atoms with van der Waals surface area (Å²) in [6.45, 7) is 4.45. The molecule has 0 aliphatic heterocycles. The predicted octanol–water partition coefficient (Wildman–Crippen LogP) is 2.14. The predicted molar refractivity (Wildman–Crippen MR) is 125 cm³/mol. The van der Waals surface area contributed by atoms with Gasteiger partial charge < -0.3 is 24.8 Å². The molecule has 2 N–H and O–H groups in total. The van der Waals surface area contributed by atoms with Gasteiger partial charge in [0.15, 0.2) is 17.5 Å². The second-order valence-electron chi connectivity index (χ2n) is 6.63. The topological polar surface area (TPSA) is 67.4 Å². The van der Waals surface area contributed by atoms with Crippen LogP contribution in [0.2, 0.25) is 0 Å². The van der Waals surface area contributed by atoms with Crippen LogP contribution in [0, 0.1) is 0 Å². The van der Waals surface area contributed by atoms with E-state index in [0.717, 1.165) is 62.7 Å². The summed E-state index contributed by atoms with van der Waals surface area (Å²) in [5, 5.41) is 6.77. The molecule has 28 heavy (non-hydrogen) atoms. The number of nitrogens with zero attached hydrogens (tertiary/aromatic N) is 2. The van der Waals surface area contributed by atoms with Gasteiger partial charge in [0.1, 0.15) is 0 Å². The molecule has 2 rings (SSSR count). The van der Waals surface area contributed by atoms with E-state index < -0.39 is 0 Å². The maximum Gasteiger partial charge on any atom is 0.191 e. The summed E-state index contributed by atoms with van der Waals surface area (Å²) in [5.74, 6) is 2.34. The molecule has 0 unspecified atom stereocenters. The number of rotatable bonds is 12. The molecule has 1 saturated carbocycles. The molecule has 1 aromatic rings. The number of guanidine groups is 1. The third kappa shape index (κ3) is 8.40. The van der Waals surface area contributed by atoms with Gasteiger partial charge in [-0.2, -0.15) is 0 Å². The fourth-order valence-corrected chi connectivity index (χ4v) is 3.03. The van der Waals surface area contributed by atoms with Crippen molar-refractivity contribution in [2.24, 2.45) is 4.99 Å². The van der Waals surface area contributed by atoms with E-state index in [1.54, 1.807) is 28.4 Å². The smallest absolute Gasteiger partial charge is 0.191 e. The minimum absolute atomic E-state index is 0. The van der Waals surface area contributed by atoms with E-state index in [0.29, 0.717) is 0 Å². The summed E-state index contributed by atoms with van der Waals surface area (Å²) < 4.78 is 15.8. The van der Waals surface area contributed by atoms with Gasteiger partial charge in [-0.25, -0.2) is 0 Å². The normalized spacial score (nSPS) is 13.8. The van der Waals surface area contributed by atoms with Crippen LogP contribution in [0.1, 0.15) is 18.4 Å². The fraction of sp³-hybridized carbons (Fsp3) is 0.650. The second kappa shape index (κ2) is 13.8. The highest BCUT2D eigenvalue weighted by molar-refractivity contribution is 14.0. The van der Waals surface area contributed by atoms with Crippen molar-refractivity contribution in [2.75, 3.05) is 61.2 Å². The molecule has 0 atom stereocenters. The molecule has 0 saturated heterocycles. The lowest BCUT2D eigenvalue weighted by Crippen LogP contribution is -2.43. The molecule has 8 heteroatoms. The largest absolute Gasteiger partial charge is 0.493 e. The lowest BCUT2D eigenvalue weighted by atomic mass is 10.1. The molecule has 0 amide bonds. The Labute approximate surface area is 186 Å². The molecule has 160 valence electrons. The maximum atomic E-state index is 5.36. The molecular formula is C20H35IN4O3. The Balaban J connectivity index is 0.00000392. The van der Waals surface area contributed by atoms with E-state index >= 15 is 0 Å². The van der Waals surface area contributed by atoms with Crippen molar-refractivity contribution in [3.05, 3.63) is 23.8 Å². The third-order valence-electron chi connectivity index (χ3n) is 4.72. The highest BCUT2D eigenvalue weighted by Crippen LogP contribution is 2.27. The summed E-state index contributed by atoms with van der Waals surface area (Å²) in [6.07, 6.45) is 3.49. The zero-order chi connectivity index (χ0) is 19.5. The van der Waals surface area contributed by atoms with Crippen molar-refractivity contribution >= 4 is 29.9 Å². The van der Waals surface area contributed by atoms with Gasteiger partial charge in [0, 0.05) is 46.4 Å². The van der Waals surface area contributed by atoms with E-state index in [2.05, 4.69) is 26.6 Å². The van der Waals surface area contributed by atoms with Crippen molar-refractivity contribution in [3.63, 3.8) is 0 Å². The number of aliphatic imine (C=N–C) groups is 1. The summed E-state index contributed by atoms with van der Waals surface area (Å²) in [4.78, 5) is 6.80. The Morgan fingerprint density at radius 1 is 1.07 bits per heavy atom. The van der Waals surface area contributed by atoms with Crippen molar-refractivity contribution < 1.29 is 14.2 Å². The molecule has 0 radical (unpaired) electrons. The van der Waals surface area contributed by atoms with Gasteiger partial charge in [-0.05, 0) is 37.0 Å². The Morgan fingerprint density at radius 2 is 1.79 bits per heavy atom. The van der Waals surface area contributed by atoms with Gasteiger partial charge >= 0.3 is 0 Å². The number of ether oxygens (including phenoxy) is 3. The molecule has 1 aliphatic rings. The third-order valence-corrected chi connectivity index (χ3v) is 4.72.